The molecule has 0 aliphatic carbocycles. The van der Waals surface area contributed by atoms with Crippen LogP contribution in [0.4, 0.5) is 0 Å². The quantitative estimate of drug-likeness (QED) is 0.243. The monoisotopic (exact) mass is 410 g/mol. The Hall–Kier alpha value is -2.91. The van der Waals surface area contributed by atoms with Gasteiger partial charge in [-0.15, -0.1) is 0 Å². The highest BCUT2D eigenvalue weighted by molar-refractivity contribution is 6.90. The molecule has 0 saturated carbocycles. The first-order chi connectivity index (χ1) is 14.3. The summed E-state index contributed by atoms with van der Waals surface area (Å²) in [5.41, 5.74) is 8.32. The molecule has 2 aromatic heterocycles. The number of benzene rings is 3. The first-order valence-electron chi connectivity index (χ1n) is 10.6. The second kappa shape index (κ2) is 6.54. The molecule has 0 bridgehead atoms. The third-order valence-electron chi connectivity index (χ3n) is 6.26. The molecule has 2 nitrogen and oxygen atoms in total. The lowest BCUT2D eigenvalue weighted by Crippen LogP contribution is -2.43. The van der Waals surface area contributed by atoms with E-state index in [1.54, 1.807) is 0 Å². The van der Waals surface area contributed by atoms with Crippen LogP contribution >= 0.6 is 0 Å². The summed E-state index contributed by atoms with van der Waals surface area (Å²) in [6.07, 6.45) is 0. The van der Waals surface area contributed by atoms with E-state index in [1.807, 2.05) is 6.07 Å². The number of hydrogen-bond acceptors (Lipinski definition) is 1. The first-order valence-corrected chi connectivity index (χ1v) is 14.1. The minimum absolute atomic E-state index is 0.948. The van der Waals surface area contributed by atoms with Gasteiger partial charge in [0.05, 0.1) is 13.6 Å². The largest absolute Gasteiger partial charge is 0.456 e. The van der Waals surface area contributed by atoms with E-state index in [2.05, 4.69) is 99.7 Å². The van der Waals surface area contributed by atoms with Crippen LogP contribution < -0.4 is 9.75 Å². The number of aromatic nitrogens is 1. The highest BCUT2D eigenvalue weighted by Crippen LogP contribution is 2.38. The molecule has 3 aromatic carbocycles. The van der Waals surface area contributed by atoms with Gasteiger partial charge in [0.25, 0.3) is 0 Å². The van der Waals surface area contributed by atoms with E-state index in [4.69, 9.17) is 4.42 Å². The number of furan rings is 1. The standard InChI is InChI=1S/C27H28NOSi/c1-17-11-13-21-20(15-17)25(30(4,5)6)16-22(28(21)3)26-18(2)12-14-24-27(26)19-9-7-8-10-23(19)29-24/h7-16H,1-6H3/q+1. The van der Waals surface area contributed by atoms with Crippen LogP contribution in [0.25, 0.3) is 44.1 Å². The van der Waals surface area contributed by atoms with Gasteiger partial charge in [-0.2, -0.15) is 4.57 Å². The molecule has 2 heterocycles. The van der Waals surface area contributed by atoms with Gasteiger partial charge >= 0.3 is 0 Å². The molecule has 30 heavy (non-hydrogen) atoms. The lowest BCUT2D eigenvalue weighted by Gasteiger charge is -2.20. The van der Waals surface area contributed by atoms with Gasteiger partial charge < -0.3 is 4.42 Å². The summed E-state index contributed by atoms with van der Waals surface area (Å²) in [7, 11) is 0.629. The molecule has 5 rings (SSSR count). The normalized spacial score (nSPS) is 12.3. The Morgan fingerprint density at radius 1 is 0.800 bits per heavy atom. The van der Waals surface area contributed by atoms with E-state index in [-0.39, 0.29) is 0 Å². The van der Waals surface area contributed by atoms with Crippen LogP contribution in [0.1, 0.15) is 11.1 Å². The van der Waals surface area contributed by atoms with Gasteiger partial charge in [0.2, 0.25) is 11.2 Å². The molecule has 0 unspecified atom stereocenters. The van der Waals surface area contributed by atoms with Crippen molar-refractivity contribution >= 4 is 46.1 Å². The molecule has 0 atom stereocenters. The predicted molar refractivity (Wildman–Crippen MR) is 130 cm³/mol. The Labute approximate surface area is 178 Å². The maximum absolute atomic E-state index is 6.21. The van der Waals surface area contributed by atoms with Gasteiger partial charge in [0.15, 0.2) is 0 Å². The zero-order chi connectivity index (χ0) is 21.2. The summed E-state index contributed by atoms with van der Waals surface area (Å²) in [5, 5.41) is 5.31. The van der Waals surface area contributed by atoms with Crippen molar-refractivity contribution in [2.75, 3.05) is 0 Å². The van der Waals surface area contributed by atoms with Crippen molar-refractivity contribution in [2.45, 2.75) is 33.5 Å². The average molecular weight is 411 g/mol. The number of nitrogens with zero attached hydrogens (tertiary/aromatic N) is 1. The predicted octanol–water partition coefficient (Wildman–Crippen LogP) is 6.39. The van der Waals surface area contributed by atoms with Crippen molar-refractivity contribution in [3.63, 3.8) is 0 Å². The zero-order valence-electron chi connectivity index (χ0n) is 18.6. The molecule has 5 aromatic rings. The third kappa shape index (κ3) is 2.80. The number of para-hydroxylation sites is 1. The molecule has 3 heteroatoms. The van der Waals surface area contributed by atoms with Gasteiger partial charge in [0.1, 0.15) is 18.2 Å². The second-order valence-corrected chi connectivity index (χ2v) is 14.5. The molecule has 0 radical (unpaired) electrons. The average Bonchev–Trinajstić information content (AvgIpc) is 3.06. The van der Waals surface area contributed by atoms with Crippen molar-refractivity contribution < 1.29 is 8.98 Å². The van der Waals surface area contributed by atoms with Gasteiger partial charge in [-0.1, -0.05) is 55.5 Å². The number of rotatable bonds is 2. The van der Waals surface area contributed by atoms with Crippen LogP contribution in [0.5, 0.6) is 0 Å². The van der Waals surface area contributed by atoms with Gasteiger partial charge in [-0.25, -0.2) is 0 Å². The number of pyridine rings is 1. The molecule has 150 valence electrons. The summed E-state index contributed by atoms with van der Waals surface area (Å²) in [6, 6.07) is 22.0. The Kier molecular flexibility index (Phi) is 4.16. The van der Waals surface area contributed by atoms with E-state index < -0.39 is 8.07 Å². The second-order valence-electron chi connectivity index (χ2n) is 9.50. The highest BCUT2D eigenvalue weighted by atomic mass is 28.3. The number of aryl methyl sites for hydroxylation is 3. The minimum atomic E-state index is -1.57. The Morgan fingerprint density at radius 2 is 1.57 bits per heavy atom. The van der Waals surface area contributed by atoms with Gasteiger partial charge in [0, 0.05) is 28.3 Å². The number of fused-ring (bicyclic) bond motifs is 4. The van der Waals surface area contributed by atoms with Crippen LogP contribution in [-0.2, 0) is 7.05 Å². The molecule has 0 aliphatic heterocycles. The van der Waals surface area contributed by atoms with Crippen molar-refractivity contribution in [3.8, 4) is 11.3 Å². The van der Waals surface area contributed by atoms with Crippen LogP contribution in [-0.4, -0.2) is 8.07 Å². The molecular formula is C27H28NOSi+. The van der Waals surface area contributed by atoms with Gasteiger partial charge in [-0.05, 0) is 42.8 Å². The lowest BCUT2D eigenvalue weighted by molar-refractivity contribution is -0.633. The lowest BCUT2D eigenvalue weighted by atomic mass is 9.97. The molecule has 0 fully saturated rings. The maximum atomic E-state index is 6.21. The fraction of sp³-hybridized carbons (Fsp3) is 0.222. The maximum Gasteiger partial charge on any atom is 0.213 e. The van der Waals surface area contributed by atoms with Crippen molar-refractivity contribution in [1.29, 1.82) is 0 Å². The minimum Gasteiger partial charge on any atom is -0.456 e. The Balaban J connectivity index is 1.98. The van der Waals surface area contributed by atoms with Crippen LogP contribution in [0.3, 0.4) is 0 Å². The van der Waals surface area contributed by atoms with Crippen LogP contribution in [0, 0.1) is 13.8 Å². The Morgan fingerprint density at radius 3 is 2.33 bits per heavy atom. The smallest absolute Gasteiger partial charge is 0.213 e. The molecule has 0 saturated heterocycles. The van der Waals surface area contributed by atoms with E-state index in [0.717, 1.165) is 11.2 Å². The Bertz CT molecular complexity index is 1450. The molecular weight excluding hydrogens is 382 g/mol. The summed E-state index contributed by atoms with van der Waals surface area (Å²) in [6.45, 7) is 11.7. The van der Waals surface area contributed by atoms with Crippen LogP contribution in [0.15, 0.2) is 65.1 Å². The first kappa shape index (κ1) is 19.1. The molecule has 0 aliphatic rings. The van der Waals surface area contributed by atoms with E-state index in [1.165, 1.54) is 49.2 Å². The summed E-state index contributed by atoms with van der Waals surface area (Å²) in [4.78, 5) is 0. The van der Waals surface area contributed by atoms with Crippen molar-refractivity contribution in [1.82, 2.24) is 0 Å². The third-order valence-corrected chi connectivity index (χ3v) is 8.29. The topological polar surface area (TPSA) is 17.0 Å². The highest BCUT2D eigenvalue weighted by Gasteiger charge is 2.28. The molecule has 0 N–H and O–H groups in total. The van der Waals surface area contributed by atoms with Gasteiger partial charge in [-0.3, -0.25) is 0 Å². The molecule has 0 spiro atoms. The van der Waals surface area contributed by atoms with Crippen molar-refractivity contribution in [3.05, 3.63) is 71.8 Å². The fourth-order valence-electron chi connectivity index (χ4n) is 4.71. The van der Waals surface area contributed by atoms with Crippen molar-refractivity contribution in [2.24, 2.45) is 7.05 Å². The zero-order valence-corrected chi connectivity index (χ0v) is 19.6. The summed E-state index contributed by atoms with van der Waals surface area (Å²) in [5.74, 6) is 0. The number of hydrogen-bond donors (Lipinski definition) is 0. The SMILES string of the molecule is Cc1ccc2c(c1)c([Si](C)(C)C)cc(-c1c(C)ccc3oc4ccccc4c13)[n+]2C. The van der Waals surface area contributed by atoms with E-state index >= 15 is 0 Å². The summed E-state index contributed by atoms with van der Waals surface area (Å²) < 4.78 is 8.57. The van der Waals surface area contributed by atoms with E-state index in [0.29, 0.717) is 0 Å². The van der Waals surface area contributed by atoms with E-state index in [9.17, 15) is 0 Å². The summed E-state index contributed by atoms with van der Waals surface area (Å²) >= 11 is 0. The molecule has 0 amide bonds. The van der Waals surface area contributed by atoms with Crippen LogP contribution in [0.2, 0.25) is 19.6 Å². The fourth-order valence-corrected chi connectivity index (χ4v) is 6.29.